The monoisotopic (exact) mass is 580 g/mol. The number of benzene rings is 2. The van der Waals surface area contributed by atoms with Gasteiger partial charge in [-0.1, -0.05) is 42.0 Å². The van der Waals surface area contributed by atoms with Crippen LogP contribution in [0.3, 0.4) is 0 Å². The summed E-state index contributed by atoms with van der Waals surface area (Å²) >= 11 is 13.6. The molecule has 1 saturated heterocycles. The number of fused-ring (bicyclic) bond motifs is 2. The van der Waals surface area contributed by atoms with Gasteiger partial charge in [-0.2, -0.15) is 0 Å². The van der Waals surface area contributed by atoms with Crippen LogP contribution in [0.25, 0.3) is 0 Å². The van der Waals surface area contributed by atoms with Gasteiger partial charge in [0.25, 0.3) is 0 Å². The van der Waals surface area contributed by atoms with E-state index in [-0.39, 0.29) is 24.6 Å². The minimum Gasteiger partial charge on any atom is -0.497 e. The molecule has 0 saturated carbocycles. The van der Waals surface area contributed by atoms with Crippen LogP contribution in [0.4, 0.5) is 4.79 Å². The molecular formula is C30H30Cl2N4O4. The molecule has 6 rings (SSSR count). The number of hydrogen-bond acceptors (Lipinski definition) is 5. The summed E-state index contributed by atoms with van der Waals surface area (Å²) in [6.45, 7) is 7.61. The van der Waals surface area contributed by atoms with Gasteiger partial charge in [-0.05, 0) is 51.5 Å². The molecule has 1 aliphatic carbocycles. The van der Waals surface area contributed by atoms with Crippen LogP contribution < -0.4 is 14.8 Å². The standard InChI is InChI=1S/C30H30Cl2N4O4/c1-16(2)40-21-14-17(39-5)10-11-19(21)27-34-23(18-8-6-7-9-20(18)31)25-29(3)12-13-30(4,32)24-26(29)35(15-22(37)33-24)28(38)36(25)27/h6-14,16,23,25H,15H2,1-5H3,(H,33,37)/t23-,25-,29?,30?/m0/s1. The van der Waals surface area contributed by atoms with Crippen molar-refractivity contribution in [3.05, 3.63) is 82.2 Å². The maximum Gasteiger partial charge on any atom is 0.330 e. The molecule has 0 aromatic heterocycles. The predicted molar refractivity (Wildman–Crippen MR) is 154 cm³/mol. The number of hydrogen-bond donors (Lipinski definition) is 1. The van der Waals surface area contributed by atoms with Gasteiger partial charge in [0, 0.05) is 11.1 Å². The third-order valence-corrected chi connectivity index (χ3v) is 8.61. The molecule has 4 atom stereocenters. The number of halogens is 2. The number of rotatable bonds is 5. The van der Waals surface area contributed by atoms with E-state index < -0.39 is 22.4 Å². The lowest BCUT2D eigenvalue weighted by Crippen LogP contribution is -2.67. The smallest absolute Gasteiger partial charge is 0.330 e. The van der Waals surface area contributed by atoms with Crippen LogP contribution in [-0.4, -0.2) is 58.2 Å². The summed E-state index contributed by atoms with van der Waals surface area (Å²) < 4.78 is 11.7. The van der Waals surface area contributed by atoms with Gasteiger partial charge in [0.15, 0.2) is 0 Å². The molecule has 1 N–H and O–H groups in total. The summed E-state index contributed by atoms with van der Waals surface area (Å²) in [7, 11) is 1.59. The molecule has 2 aromatic rings. The summed E-state index contributed by atoms with van der Waals surface area (Å²) in [5.74, 6) is 1.30. The average Bonchev–Trinajstić information content (AvgIpc) is 3.31. The highest BCUT2D eigenvalue weighted by Gasteiger charge is 2.62. The van der Waals surface area contributed by atoms with Gasteiger partial charge in [0.2, 0.25) is 5.91 Å². The van der Waals surface area contributed by atoms with E-state index in [0.29, 0.717) is 39.3 Å². The van der Waals surface area contributed by atoms with E-state index in [2.05, 4.69) is 12.2 Å². The Morgan fingerprint density at radius 2 is 1.88 bits per heavy atom. The molecule has 1 fully saturated rings. The van der Waals surface area contributed by atoms with Gasteiger partial charge >= 0.3 is 6.03 Å². The van der Waals surface area contributed by atoms with E-state index in [1.165, 1.54) is 4.90 Å². The molecule has 3 heterocycles. The van der Waals surface area contributed by atoms with Crippen molar-refractivity contribution in [1.82, 2.24) is 15.1 Å². The van der Waals surface area contributed by atoms with Crippen molar-refractivity contribution in [2.24, 2.45) is 10.4 Å². The fraction of sp³-hybridized carbons (Fsp3) is 0.367. The summed E-state index contributed by atoms with van der Waals surface area (Å²) in [4.78, 5) is 34.8. The third-order valence-electron chi connectivity index (χ3n) is 7.95. The molecule has 3 aliphatic heterocycles. The number of urea groups is 1. The van der Waals surface area contributed by atoms with Crippen LogP contribution in [0.15, 0.2) is 71.0 Å². The maximum atomic E-state index is 14.5. The first-order valence-corrected chi connectivity index (χ1v) is 13.9. The topological polar surface area (TPSA) is 83.5 Å². The number of ether oxygens (including phenoxy) is 2. The van der Waals surface area contributed by atoms with E-state index in [9.17, 15) is 9.59 Å². The zero-order valence-corrected chi connectivity index (χ0v) is 24.4. The van der Waals surface area contributed by atoms with Gasteiger partial charge in [-0.15, -0.1) is 11.6 Å². The molecule has 2 unspecified atom stereocenters. The van der Waals surface area contributed by atoms with Crippen LogP contribution in [0.2, 0.25) is 5.02 Å². The molecule has 2 aromatic carbocycles. The molecule has 10 heteroatoms. The molecule has 208 valence electrons. The third kappa shape index (κ3) is 3.91. The predicted octanol–water partition coefficient (Wildman–Crippen LogP) is 5.66. The van der Waals surface area contributed by atoms with Crippen molar-refractivity contribution >= 4 is 41.0 Å². The molecule has 3 amide bonds. The van der Waals surface area contributed by atoms with Crippen LogP contribution in [0, 0.1) is 5.41 Å². The first-order chi connectivity index (χ1) is 19.0. The Hall–Kier alpha value is -3.49. The number of amides is 3. The van der Waals surface area contributed by atoms with Crippen LogP contribution in [0.5, 0.6) is 11.5 Å². The minimum absolute atomic E-state index is 0.126. The summed E-state index contributed by atoms with van der Waals surface area (Å²) in [6, 6.07) is 11.6. The second kappa shape index (κ2) is 9.28. The second-order valence-electron chi connectivity index (χ2n) is 11.1. The number of alkyl halides is 1. The Morgan fingerprint density at radius 3 is 2.58 bits per heavy atom. The molecule has 0 spiro atoms. The van der Waals surface area contributed by atoms with E-state index >= 15 is 0 Å². The molecule has 0 radical (unpaired) electrons. The van der Waals surface area contributed by atoms with Gasteiger partial charge in [0.1, 0.15) is 34.8 Å². The largest absolute Gasteiger partial charge is 0.497 e. The number of nitrogens with one attached hydrogen (secondary N) is 1. The Kier molecular flexibility index (Phi) is 6.20. The molecule has 8 nitrogen and oxygen atoms in total. The number of allylic oxidation sites excluding steroid dienone is 1. The van der Waals surface area contributed by atoms with Gasteiger partial charge < -0.3 is 14.8 Å². The fourth-order valence-corrected chi connectivity index (χ4v) is 6.64. The van der Waals surface area contributed by atoms with E-state index in [1.54, 1.807) is 18.1 Å². The van der Waals surface area contributed by atoms with Crippen molar-refractivity contribution in [2.75, 3.05) is 13.7 Å². The Balaban J connectivity index is 1.61. The highest BCUT2D eigenvalue weighted by atomic mass is 35.5. The van der Waals surface area contributed by atoms with E-state index in [4.69, 9.17) is 37.7 Å². The van der Waals surface area contributed by atoms with Crippen molar-refractivity contribution in [3.63, 3.8) is 0 Å². The van der Waals surface area contributed by atoms with Crippen molar-refractivity contribution in [2.45, 2.75) is 50.8 Å². The maximum absolute atomic E-state index is 14.5. The number of carbonyl (C=O) groups excluding carboxylic acids is 2. The SMILES string of the molecule is COc1ccc(C2=N[C@@H](c3ccccc3Cl)[C@@H]3N2C(=O)N2CC(=O)NC4=C2C3(C)C=CC4(C)Cl)c(OC(C)C)c1. The Bertz CT molecular complexity index is 1530. The van der Waals surface area contributed by atoms with E-state index in [1.807, 2.05) is 69.3 Å². The Labute approximate surface area is 243 Å². The zero-order chi connectivity index (χ0) is 28.6. The summed E-state index contributed by atoms with van der Waals surface area (Å²) in [6.07, 6.45) is 3.78. The number of aliphatic imine (C=N–C) groups is 1. The number of carbonyl (C=O) groups is 2. The summed E-state index contributed by atoms with van der Waals surface area (Å²) in [5, 5.41) is 3.52. The molecule has 0 bridgehead atoms. The van der Waals surface area contributed by atoms with Crippen molar-refractivity contribution < 1.29 is 19.1 Å². The molecule has 4 aliphatic rings. The number of nitrogens with zero attached hydrogens (tertiary/aromatic N) is 3. The van der Waals surface area contributed by atoms with Gasteiger partial charge in [-0.25, -0.2) is 4.79 Å². The average molecular weight is 582 g/mol. The van der Waals surface area contributed by atoms with Crippen molar-refractivity contribution in [3.8, 4) is 11.5 Å². The lowest BCUT2D eigenvalue weighted by Gasteiger charge is -2.55. The molecular weight excluding hydrogens is 551 g/mol. The lowest BCUT2D eigenvalue weighted by atomic mass is 9.67. The zero-order valence-electron chi connectivity index (χ0n) is 22.9. The highest BCUT2D eigenvalue weighted by Crippen LogP contribution is 2.57. The quantitative estimate of drug-likeness (QED) is 0.365. The summed E-state index contributed by atoms with van der Waals surface area (Å²) in [5.41, 5.74) is 1.88. The second-order valence-corrected chi connectivity index (χ2v) is 12.3. The van der Waals surface area contributed by atoms with Gasteiger partial charge in [0.05, 0.1) is 41.6 Å². The van der Waals surface area contributed by atoms with Crippen LogP contribution in [-0.2, 0) is 4.79 Å². The van der Waals surface area contributed by atoms with Crippen LogP contribution >= 0.6 is 23.2 Å². The highest BCUT2D eigenvalue weighted by molar-refractivity contribution is 6.31. The van der Waals surface area contributed by atoms with Crippen LogP contribution in [0.1, 0.15) is 44.9 Å². The Morgan fingerprint density at radius 1 is 1.12 bits per heavy atom. The van der Waals surface area contributed by atoms with E-state index in [0.717, 1.165) is 5.56 Å². The fourth-order valence-electron chi connectivity index (χ4n) is 6.20. The first-order valence-electron chi connectivity index (χ1n) is 13.2. The van der Waals surface area contributed by atoms with Gasteiger partial charge in [-0.3, -0.25) is 19.6 Å². The molecule has 40 heavy (non-hydrogen) atoms. The number of methoxy groups -OCH3 is 1. The number of amidine groups is 1. The normalized spacial score (nSPS) is 28.9. The lowest BCUT2D eigenvalue weighted by molar-refractivity contribution is -0.122. The van der Waals surface area contributed by atoms with Crippen molar-refractivity contribution in [1.29, 1.82) is 0 Å². The first kappa shape index (κ1) is 26.7. The minimum atomic E-state index is -0.984.